The van der Waals surface area contributed by atoms with Gasteiger partial charge in [0.2, 0.25) is 0 Å². The lowest BCUT2D eigenvalue weighted by Gasteiger charge is -2.39. The molecule has 1 N–H and O–H groups in total. The normalized spacial score (nSPS) is 24.7. The molecule has 1 aliphatic heterocycles. The van der Waals surface area contributed by atoms with Crippen molar-refractivity contribution in [1.82, 2.24) is 10.2 Å². The van der Waals surface area contributed by atoms with Crippen molar-refractivity contribution in [3.63, 3.8) is 0 Å². The number of hydrogen-bond donors (Lipinski definition) is 1. The van der Waals surface area contributed by atoms with Gasteiger partial charge in [-0.2, -0.15) is 0 Å². The van der Waals surface area contributed by atoms with Gasteiger partial charge in [-0.15, -0.1) is 0 Å². The van der Waals surface area contributed by atoms with Gasteiger partial charge in [0.1, 0.15) is 0 Å². The number of nitrogens with zero attached hydrogens (tertiary/aromatic N) is 1. The molecule has 0 aromatic rings. The summed E-state index contributed by atoms with van der Waals surface area (Å²) in [4.78, 5) is 2.68. The van der Waals surface area contributed by atoms with Gasteiger partial charge in [-0.05, 0) is 38.5 Å². The van der Waals surface area contributed by atoms with Crippen LogP contribution in [0.2, 0.25) is 0 Å². The van der Waals surface area contributed by atoms with Gasteiger partial charge < -0.3 is 10.1 Å². The van der Waals surface area contributed by atoms with Crippen molar-refractivity contribution in [1.29, 1.82) is 0 Å². The van der Waals surface area contributed by atoms with E-state index < -0.39 is 0 Å². The smallest absolute Gasteiger partial charge is 0.0599 e. The Morgan fingerprint density at radius 3 is 2.33 bits per heavy atom. The van der Waals surface area contributed by atoms with Crippen molar-refractivity contribution in [3.8, 4) is 0 Å². The Morgan fingerprint density at radius 2 is 1.83 bits per heavy atom. The van der Waals surface area contributed by atoms with Crippen LogP contribution in [0.25, 0.3) is 0 Å². The third-order valence-corrected chi connectivity index (χ3v) is 4.31. The zero-order valence-corrected chi connectivity index (χ0v) is 12.3. The maximum absolute atomic E-state index is 5.74. The average Bonchev–Trinajstić information content (AvgIpc) is 3.15. The highest BCUT2D eigenvalue weighted by atomic mass is 16.5. The largest absolute Gasteiger partial charge is 0.378 e. The number of likely N-dealkylation sites (tertiary alicyclic amines) is 1. The summed E-state index contributed by atoms with van der Waals surface area (Å²) >= 11 is 0. The summed E-state index contributed by atoms with van der Waals surface area (Å²) in [5.74, 6) is 0.736. The molecule has 1 saturated carbocycles. The Labute approximate surface area is 112 Å². The molecule has 106 valence electrons. The Balaban J connectivity index is 1.75. The fraction of sp³-hybridized carbons (Fsp3) is 1.00. The number of hydrogen-bond acceptors (Lipinski definition) is 3. The van der Waals surface area contributed by atoms with Gasteiger partial charge in [-0.3, -0.25) is 4.90 Å². The molecule has 0 radical (unpaired) electrons. The van der Waals surface area contributed by atoms with E-state index in [-0.39, 0.29) is 0 Å². The van der Waals surface area contributed by atoms with E-state index >= 15 is 0 Å². The van der Waals surface area contributed by atoms with Crippen LogP contribution >= 0.6 is 0 Å². The number of nitrogens with one attached hydrogen (secondary N) is 1. The summed E-state index contributed by atoms with van der Waals surface area (Å²) in [6, 6.07) is 1.53. The Bertz CT molecular complexity index is 233. The second-order valence-electron chi connectivity index (χ2n) is 6.18. The third kappa shape index (κ3) is 4.22. The van der Waals surface area contributed by atoms with E-state index in [0.29, 0.717) is 12.1 Å². The molecule has 3 heteroatoms. The molecule has 2 fully saturated rings. The first-order chi connectivity index (χ1) is 8.70. The molecule has 0 amide bonds. The molecular formula is C15H30N2O. The molecule has 1 aliphatic carbocycles. The van der Waals surface area contributed by atoms with Crippen LogP contribution < -0.4 is 5.32 Å². The number of ether oxygens (including phenoxy) is 1. The Hall–Kier alpha value is -0.120. The van der Waals surface area contributed by atoms with Crippen LogP contribution in [0, 0.1) is 5.92 Å². The molecule has 1 unspecified atom stereocenters. The molecule has 2 aliphatic rings. The van der Waals surface area contributed by atoms with Crippen LogP contribution in [0.4, 0.5) is 0 Å². The van der Waals surface area contributed by atoms with Crippen LogP contribution in [0.1, 0.15) is 46.5 Å². The average molecular weight is 254 g/mol. The molecule has 3 nitrogen and oxygen atoms in total. The van der Waals surface area contributed by atoms with Crippen molar-refractivity contribution in [2.45, 2.75) is 64.6 Å². The molecule has 18 heavy (non-hydrogen) atoms. The molecule has 0 bridgehead atoms. The molecule has 1 heterocycles. The first kappa shape index (κ1) is 14.3. The molecule has 0 aromatic heterocycles. The van der Waals surface area contributed by atoms with Crippen LogP contribution in [-0.2, 0) is 4.74 Å². The second-order valence-corrected chi connectivity index (χ2v) is 6.18. The minimum Gasteiger partial charge on any atom is -0.378 e. The monoisotopic (exact) mass is 254 g/mol. The first-order valence-corrected chi connectivity index (χ1v) is 7.79. The first-order valence-electron chi connectivity index (χ1n) is 7.79. The zero-order valence-electron chi connectivity index (χ0n) is 12.3. The standard InChI is InChI=1S/C15H30N2O/c1-4-18-14-7-9-17(10-8-14)15(12(2)3)11-16-13-5-6-13/h12-16H,4-11H2,1-3H3. The van der Waals surface area contributed by atoms with Gasteiger partial charge in [0.05, 0.1) is 6.10 Å². The summed E-state index contributed by atoms with van der Waals surface area (Å²) < 4.78 is 5.74. The van der Waals surface area contributed by atoms with Crippen molar-refractivity contribution >= 4 is 0 Å². The maximum atomic E-state index is 5.74. The highest BCUT2D eigenvalue weighted by Crippen LogP contribution is 2.22. The summed E-state index contributed by atoms with van der Waals surface area (Å²) in [6.45, 7) is 11.3. The summed E-state index contributed by atoms with van der Waals surface area (Å²) in [5.41, 5.74) is 0. The molecule has 2 rings (SSSR count). The zero-order chi connectivity index (χ0) is 13.0. The predicted octanol–water partition coefficient (Wildman–Crippen LogP) is 2.26. The maximum Gasteiger partial charge on any atom is 0.0599 e. The van der Waals surface area contributed by atoms with Gasteiger partial charge >= 0.3 is 0 Å². The van der Waals surface area contributed by atoms with E-state index in [0.717, 1.165) is 18.6 Å². The van der Waals surface area contributed by atoms with Gasteiger partial charge in [0, 0.05) is 38.3 Å². The van der Waals surface area contributed by atoms with E-state index in [4.69, 9.17) is 4.74 Å². The van der Waals surface area contributed by atoms with Gasteiger partial charge in [-0.1, -0.05) is 13.8 Å². The fourth-order valence-electron chi connectivity index (χ4n) is 2.97. The minimum atomic E-state index is 0.510. The Morgan fingerprint density at radius 1 is 1.17 bits per heavy atom. The van der Waals surface area contributed by atoms with Crippen LogP contribution in [-0.4, -0.2) is 49.3 Å². The number of rotatable bonds is 7. The van der Waals surface area contributed by atoms with Gasteiger partial charge in [0.25, 0.3) is 0 Å². The fourth-order valence-corrected chi connectivity index (χ4v) is 2.97. The second kappa shape index (κ2) is 6.88. The van der Waals surface area contributed by atoms with E-state index in [1.54, 1.807) is 0 Å². The van der Waals surface area contributed by atoms with E-state index in [1.165, 1.54) is 45.3 Å². The lowest BCUT2D eigenvalue weighted by Crippen LogP contribution is -2.50. The van der Waals surface area contributed by atoms with Crippen molar-refractivity contribution in [2.75, 3.05) is 26.2 Å². The Kier molecular flexibility index (Phi) is 5.46. The van der Waals surface area contributed by atoms with Crippen LogP contribution in [0.3, 0.4) is 0 Å². The van der Waals surface area contributed by atoms with E-state index in [2.05, 4.69) is 31.0 Å². The molecule has 1 atom stereocenters. The van der Waals surface area contributed by atoms with E-state index in [1.807, 2.05) is 0 Å². The van der Waals surface area contributed by atoms with Crippen molar-refractivity contribution in [3.05, 3.63) is 0 Å². The lowest BCUT2D eigenvalue weighted by molar-refractivity contribution is -0.00161. The topological polar surface area (TPSA) is 24.5 Å². The molecule has 0 aromatic carbocycles. The predicted molar refractivity (Wildman–Crippen MR) is 75.9 cm³/mol. The summed E-state index contributed by atoms with van der Waals surface area (Å²) in [6.07, 6.45) is 5.70. The third-order valence-electron chi connectivity index (χ3n) is 4.31. The number of piperidine rings is 1. The van der Waals surface area contributed by atoms with Crippen LogP contribution in [0.5, 0.6) is 0 Å². The van der Waals surface area contributed by atoms with E-state index in [9.17, 15) is 0 Å². The highest BCUT2D eigenvalue weighted by Gasteiger charge is 2.29. The highest BCUT2D eigenvalue weighted by molar-refractivity contribution is 4.87. The molecular weight excluding hydrogens is 224 g/mol. The van der Waals surface area contributed by atoms with Crippen molar-refractivity contribution < 1.29 is 4.74 Å². The summed E-state index contributed by atoms with van der Waals surface area (Å²) in [5, 5.41) is 3.70. The van der Waals surface area contributed by atoms with Crippen molar-refractivity contribution in [2.24, 2.45) is 5.92 Å². The van der Waals surface area contributed by atoms with Gasteiger partial charge in [0.15, 0.2) is 0 Å². The SMILES string of the molecule is CCOC1CCN(C(CNC2CC2)C(C)C)CC1. The quantitative estimate of drug-likeness (QED) is 0.754. The minimum absolute atomic E-state index is 0.510. The molecule has 1 saturated heterocycles. The summed E-state index contributed by atoms with van der Waals surface area (Å²) in [7, 11) is 0. The van der Waals surface area contributed by atoms with Crippen LogP contribution in [0.15, 0.2) is 0 Å². The van der Waals surface area contributed by atoms with Gasteiger partial charge in [-0.25, -0.2) is 0 Å². The lowest BCUT2D eigenvalue weighted by atomic mass is 9.98. The molecule has 0 spiro atoms.